The molecule has 2 aromatic carbocycles. The molecule has 0 radical (unpaired) electrons. The van der Waals surface area contributed by atoms with Crippen LogP contribution in [-0.4, -0.2) is 16.0 Å². The van der Waals surface area contributed by atoms with E-state index in [1.165, 1.54) is 6.07 Å². The Labute approximate surface area is 129 Å². The summed E-state index contributed by atoms with van der Waals surface area (Å²) in [6.07, 6.45) is 1.68. The van der Waals surface area contributed by atoms with Crippen LogP contribution >= 0.6 is 15.9 Å². The van der Waals surface area contributed by atoms with E-state index < -0.39 is 0 Å². The number of fused-ring (bicyclic) bond motifs is 1. The summed E-state index contributed by atoms with van der Waals surface area (Å²) in [7, 11) is 0. The summed E-state index contributed by atoms with van der Waals surface area (Å²) in [4.78, 5) is 16.6. The van der Waals surface area contributed by atoms with E-state index in [0.29, 0.717) is 11.2 Å². The standard InChI is InChI=1S/C16H11BrN2O2/c17-11-6-7-14(20)12(9-11)16(21)19-13-5-1-3-10-4-2-8-18-15(10)13/h1-9,20H,(H,19,21). The molecule has 2 N–H and O–H groups in total. The minimum absolute atomic E-state index is 0.0658. The zero-order valence-electron chi connectivity index (χ0n) is 10.9. The Morgan fingerprint density at radius 1 is 1.14 bits per heavy atom. The van der Waals surface area contributed by atoms with Crippen LogP contribution in [0.25, 0.3) is 10.9 Å². The Hall–Kier alpha value is -2.40. The first-order valence-corrected chi connectivity index (χ1v) is 7.08. The minimum Gasteiger partial charge on any atom is -0.507 e. The van der Waals surface area contributed by atoms with Crippen molar-refractivity contribution in [3.8, 4) is 5.75 Å². The monoisotopic (exact) mass is 342 g/mol. The van der Waals surface area contributed by atoms with Crippen molar-refractivity contribution in [2.45, 2.75) is 0 Å². The van der Waals surface area contributed by atoms with Crippen molar-refractivity contribution >= 4 is 38.4 Å². The Bertz CT molecular complexity index is 828. The predicted octanol–water partition coefficient (Wildman–Crippen LogP) is 3.96. The highest BCUT2D eigenvalue weighted by atomic mass is 79.9. The molecule has 0 atom stereocenters. The molecule has 104 valence electrons. The second kappa shape index (κ2) is 5.54. The first-order chi connectivity index (χ1) is 10.1. The average molecular weight is 343 g/mol. The molecular weight excluding hydrogens is 332 g/mol. The predicted molar refractivity (Wildman–Crippen MR) is 85.5 cm³/mol. The Balaban J connectivity index is 1.99. The van der Waals surface area contributed by atoms with Gasteiger partial charge in [0.25, 0.3) is 5.91 Å². The van der Waals surface area contributed by atoms with Crippen LogP contribution in [0.3, 0.4) is 0 Å². The summed E-state index contributed by atoms with van der Waals surface area (Å²) in [6, 6.07) is 14.0. The van der Waals surface area contributed by atoms with E-state index in [1.807, 2.05) is 24.3 Å². The third-order valence-corrected chi connectivity index (χ3v) is 3.58. The maximum absolute atomic E-state index is 12.3. The lowest BCUT2D eigenvalue weighted by atomic mass is 10.1. The third kappa shape index (κ3) is 2.73. The molecule has 1 amide bonds. The summed E-state index contributed by atoms with van der Waals surface area (Å²) in [5, 5.41) is 13.5. The van der Waals surface area contributed by atoms with E-state index in [2.05, 4.69) is 26.2 Å². The number of pyridine rings is 1. The van der Waals surface area contributed by atoms with Crippen molar-refractivity contribution in [2.75, 3.05) is 5.32 Å². The van der Waals surface area contributed by atoms with Crippen LogP contribution in [0.1, 0.15) is 10.4 Å². The maximum atomic E-state index is 12.3. The van der Waals surface area contributed by atoms with E-state index in [-0.39, 0.29) is 17.2 Å². The topological polar surface area (TPSA) is 62.2 Å². The number of halogens is 1. The van der Waals surface area contributed by atoms with Gasteiger partial charge in [-0.15, -0.1) is 0 Å². The van der Waals surface area contributed by atoms with Gasteiger partial charge < -0.3 is 10.4 Å². The van der Waals surface area contributed by atoms with Gasteiger partial charge in [0, 0.05) is 16.1 Å². The van der Waals surface area contributed by atoms with Crippen LogP contribution in [-0.2, 0) is 0 Å². The van der Waals surface area contributed by atoms with Crippen LogP contribution in [0.2, 0.25) is 0 Å². The Morgan fingerprint density at radius 2 is 1.95 bits per heavy atom. The fourth-order valence-corrected chi connectivity index (χ4v) is 2.45. The number of phenolic OH excluding ortho intramolecular Hbond substituents is 1. The molecule has 0 unspecified atom stereocenters. The molecule has 5 heteroatoms. The highest BCUT2D eigenvalue weighted by Gasteiger charge is 2.13. The number of hydrogen-bond acceptors (Lipinski definition) is 3. The van der Waals surface area contributed by atoms with Gasteiger partial charge in [-0.05, 0) is 30.3 Å². The molecule has 0 aliphatic carbocycles. The van der Waals surface area contributed by atoms with Gasteiger partial charge in [-0.1, -0.05) is 34.1 Å². The molecule has 0 saturated heterocycles. The number of nitrogens with one attached hydrogen (secondary N) is 1. The molecule has 1 heterocycles. The Kier molecular flexibility index (Phi) is 3.58. The van der Waals surface area contributed by atoms with Crippen LogP contribution < -0.4 is 5.32 Å². The highest BCUT2D eigenvalue weighted by Crippen LogP contribution is 2.25. The van der Waals surface area contributed by atoms with Gasteiger partial charge in [-0.2, -0.15) is 0 Å². The van der Waals surface area contributed by atoms with Crippen molar-refractivity contribution in [1.29, 1.82) is 0 Å². The van der Waals surface area contributed by atoms with Crippen molar-refractivity contribution in [1.82, 2.24) is 4.98 Å². The number of carbonyl (C=O) groups is 1. The lowest BCUT2D eigenvalue weighted by molar-refractivity contribution is 0.102. The summed E-state index contributed by atoms with van der Waals surface area (Å²) in [5.41, 5.74) is 1.53. The Morgan fingerprint density at radius 3 is 2.81 bits per heavy atom. The maximum Gasteiger partial charge on any atom is 0.259 e. The number of hydrogen-bond donors (Lipinski definition) is 2. The minimum atomic E-state index is -0.382. The fraction of sp³-hybridized carbons (Fsp3) is 0. The number of benzene rings is 2. The quantitative estimate of drug-likeness (QED) is 0.741. The molecule has 0 bridgehead atoms. The molecule has 0 spiro atoms. The van der Waals surface area contributed by atoms with Crippen LogP contribution in [0.4, 0.5) is 5.69 Å². The van der Waals surface area contributed by atoms with Crippen molar-refractivity contribution in [3.63, 3.8) is 0 Å². The number of para-hydroxylation sites is 1. The van der Waals surface area contributed by atoms with Gasteiger partial charge in [0.1, 0.15) is 5.75 Å². The van der Waals surface area contributed by atoms with Gasteiger partial charge >= 0.3 is 0 Å². The van der Waals surface area contributed by atoms with Crippen molar-refractivity contribution < 1.29 is 9.90 Å². The number of phenols is 1. The number of carbonyl (C=O) groups excluding carboxylic acids is 1. The molecule has 0 saturated carbocycles. The number of amides is 1. The molecule has 1 aromatic heterocycles. The first kappa shape index (κ1) is 13.6. The van der Waals surface area contributed by atoms with Crippen molar-refractivity contribution in [3.05, 3.63) is 64.8 Å². The van der Waals surface area contributed by atoms with Gasteiger partial charge in [0.15, 0.2) is 0 Å². The molecule has 0 fully saturated rings. The summed E-state index contributed by atoms with van der Waals surface area (Å²) < 4.78 is 0.724. The molecule has 0 aliphatic rings. The molecule has 21 heavy (non-hydrogen) atoms. The van der Waals surface area contributed by atoms with Crippen LogP contribution in [0.5, 0.6) is 5.75 Å². The lowest BCUT2D eigenvalue weighted by Gasteiger charge is -2.09. The van der Waals surface area contributed by atoms with Gasteiger partial charge in [0.2, 0.25) is 0 Å². The van der Waals surface area contributed by atoms with Crippen LogP contribution in [0.15, 0.2) is 59.2 Å². The number of rotatable bonds is 2. The zero-order chi connectivity index (χ0) is 14.8. The number of aromatic hydroxyl groups is 1. The summed E-state index contributed by atoms with van der Waals surface area (Å²) in [6.45, 7) is 0. The SMILES string of the molecule is O=C(Nc1cccc2cccnc12)c1cc(Br)ccc1O. The van der Waals surface area contributed by atoms with Gasteiger partial charge in [0.05, 0.1) is 16.8 Å². The molecular formula is C16H11BrN2O2. The number of anilines is 1. The van der Waals surface area contributed by atoms with Gasteiger partial charge in [-0.3, -0.25) is 9.78 Å². The second-order valence-corrected chi connectivity index (χ2v) is 5.41. The van der Waals surface area contributed by atoms with E-state index >= 15 is 0 Å². The summed E-state index contributed by atoms with van der Waals surface area (Å²) >= 11 is 3.29. The van der Waals surface area contributed by atoms with Crippen LogP contribution in [0, 0.1) is 0 Å². The molecule has 0 aliphatic heterocycles. The number of nitrogens with zero attached hydrogens (tertiary/aromatic N) is 1. The fourth-order valence-electron chi connectivity index (χ4n) is 2.08. The number of aromatic nitrogens is 1. The smallest absolute Gasteiger partial charge is 0.259 e. The van der Waals surface area contributed by atoms with E-state index in [1.54, 1.807) is 24.4 Å². The highest BCUT2D eigenvalue weighted by molar-refractivity contribution is 9.10. The second-order valence-electron chi connectivity index (χ2n) is 4.50. The molecule has 4 nitrogen and oxygen atoms in total. The van der Waals surface area contributed by atoms with E-state index in [4.69, 9.17) is 0 Å². The normalized spacial score (nSPS) is 10.5. The molecule has 3 aromatic rings. The van der Waals surface area contributed by atoms with E-state index in [0.717, 1.165) is 9.86 Å². The van der Waals surface area contributed by atoms with Gasteiger partial charge in [-0.25, -0.2) is 0 Å². The summed E-state index contributed by atoms with van der Waals surface area (Å²) in [5.74, 6) is -0.448. The van der Waals surface area contributed by atoms with E-state index in [9.17, 15) is 9.90 Å². The largest absolute Gasteiger partial charge is 0.507 e. The molecule has 3 rings (SSSR count). The average Bonchev–Trinajstić information content (AvgIpc) is 2.50. The third-order valence-electron chi connectivity index (χ3n) is 3.08. The lowest BCUT2D eigenvalue weighted by Crippen LogP contribution is -2.12. The van der Waals surface area contributed by atoms with Crippen molar-refractivity contribution in [2.24, 2.45) is 0 Å². The zero-order valence-corrected chi connectivity index (χ0v) is 12.5. The first-order valence-electron chi connectivity index (χ1n) is 6.29.